The molecule has 5 nitrogen and oxygen atoms in total. The number of benzene rings is 1. The summed E-state index contributed by atoms with van der Waals surface area (Å²) >= 11 is 3.28. The second-order valence-corrected chi connectivity index (χ2v) is 5.68. The van der Waals surface area contributed by atoms with Crippen LogP contribution in [0.5, 0.6) is 5.75 Å². The van der Waals surface area contributed by atoms with Crippen LogP contribution in [0.15, 0.2) is 51.9 Å². The zero-order valence-electron chi connectivity index (χ0n) is 12.2. The summed E-state index contributed by atoms with van der Waals surface area (Å²) in [5, 5.41) is 2.81. The van der Waals surface area contributed by atoms with Crippen LogP contribution in [0.1, 0.15) is 5.56 Å². The molecule has 2 aromatic rings. The first kappa shape index (κ1) is 16.3. The summed E-state index contributed by atoms with van der Waals surface area (Å²) in [6, 6.07) is 10.8. The molecule has 0 aliphatic carbocycles. The summed E-state index contributed by atoms with van der Waals surface area (Å²) in [4.78, 5) is 23.5. The number of carbonyl (C=O) groups excluding carboxylic acids is 1. The van der Waals surface area contributed by atoms with Crippen molar-refractivity contribution in [2.24, 2.45) is 0 Å². The quantitative estimate of drug-likeness (QED) is 0.852. The van der Waals surface area contributed by atoms with E-state index in [1.54, 1.807) is 19.4 Å². The minimum Gasteiger partial charge on any atom is -0.497 e. The Morgan fingerprint density at radius 3 is 2.64 bits per heavy atom. The number of pyridine rings is 1. The summed E-state index contributed by atoms with van der Waals surface area (Å²) in [6.45, 7) is 0.537. The Bertz CT molecular complexity index is 695. The number of nitrogens with zero attached hydrogens (tertiary/aromatic N) is 1. The molecule has 22 heavy (non-hydrogen) atoms. The summed E-state index contributed by atoms with van der Waals surface area (Å²) < 4.78 is 7.22. The maximum absolute atomic E-state index is 11.9. The minimum absolute atomic E-state index is 0.0148. The van der Waals surface area contributed by atoms with Gasteiger partial charge in [-0.25, -0.2) is 0 Å². The lowest BCUT2D eigenvalue weighted by Crippen LogP contribution is -2.33. The van der Waals surface area contributed by atoms with Crippen LogP contribution in [0.2, 0.25) is 0 Å². The Morgan fingerprint density at radius 1 is 1.23 bits per heavy atom. The second kappa shape index (κ2) is 7.79. The van der Waals surface area contributed by atoms with Gasteiger partial charge in [-0.3, -0.25) is 9.59 Å². The summed E-state index contributed by atoms with van der Waals surface area (Å²) in [5.41, 5.74) is 0.911. The highest BCUT2D eigenvalue weighted by Gasteiger charge is 2.04. The van der Waals surface area contributed by atoms with Gasteiger partial charge in [0, 0.05) is 23.3 Å². The van der Waals surface area contributed by atoms with Crippen LogP contribution in [-0.4, -0.2) is 24.1 Å². The first-order chi connectivity index (χ1) is 10.6. The van der Waals surface area contributed by atoms with Crippen molar-refractivity contribution < 1.29 is 9.53 Å². The Hall–Kier alpha value is -2.08. The van der Waals surface area contributed by atoms with E-state index in [1.807, 2.05) is 24.3 Å². The molecule has 1 amide bonds. The highest BCUT2D eigenvalue weighted by atomic mass is 79.9. The highest BCUT2D eigenvalue weighted by molar-refractivity contribution is 9.10. The summed E-state index contributed by atoms with van der Waals surface area (Å²) in [5.74, 6) is 0.621. The normalized spacial score (nSPS) is 10.3. The lowest BCUT2D eigenvalue weighted by molar-refractivity contribution is -0.121. The number of halogens is 1. The van der Waals surface area contributed by atoms with Gasteiger partial charge in [-0.05, 0) is 46.1 Å². The predicted octanol–water partition coefficient (Wildman–Crippen LogP) is 1.98. The van der Waals surface area contributed by atoms with Gasteiger partial charge in [0.2, 0.25) is 5.91 Å². The monoisotopic (exact) mass is 364 g/mol. The standard InChI is InChI=1S/C16H17BrN2O3/c1-22-14-5-2-12(3-6-14)8-9-18-15(20)11-19-10-13(17)4-7-16(19)21/h2-7,10H,8-9,11H2,1H3,(H,18,20). The molecule has 6 heteroatoms. The third-order valence-electron chi connectivity index (χ3n) is 3.16. The molecule has 0 fully saturated rings. The van der Waals surface area contributed by atoms with Crippen LogP contribution in [0.25, 0.3) is 0 Å². The van der Waals surface area contributed by atoms with E-state index in [0.29, 0.717) is 6.54 Å². The molecule has 1 heterocycles. The molecule has 2 rings (SSSR count). The Morgan fingerprint density at radius 2 is 1.95 bits per heavy atom. The van der Waals surface area contributed by atoms with Crippen LogP contribution in [0, 0.1) is 0 Å². The SMILES string of the molecule is COc1ccc(CCNC(=O)Cn2cc(Br)ccc2=O)cc1. The molecule has 0 aliphatic rings. The van der Waals surface area contributed by atoms with E-state index in [0.717, 1.165) is 22.2 Å². The number of aromatic nitrogens is 1. The van der Waals surface area contributed by atoms with Crippen molar-refractivity contribution in [1.82, 2.24) is 9.88 Å². The average molecular weight is 365 g/mol. The van der Waals surface area contributed by atoms with E-state index in [4.69, 9.17) is 4.74 Å². The van der Waals surface area contributed by atoms with E-state index in [-0.39, 0.29) is 18.0 Å². The lowest BCUT2D eigenvalue weighted by atomic mass is 10.1. The zero-order valence-corrected chi connectivity index (χ0v) is 13.8. The van der Waals surface area contributed by atoms with Crippen LogP contribution < -0.4 is 15.6 Å². The van der Waals surface area contributed by atoms with Gasteiger partial charge >= 0.3 is 0 Å². The fourth-order valence-corrected chi connectivity index (χ4v) is 2.35. The maximum atomic E-state index is 11.9. The van der Waals surface area contributed by atoms with Crippen molar-refractivity contribution in [2.45, 2.75) is 13.0 Å². The van der Waals surface area contributed by atoms with Crippen molar-refractivity contribution in [2.75, 3.05) is 13.7 Å². The average Bonchev–Trinajstić information content (AvgIpc) is 2.51. The summed E-state index contributed by atoms with van der Waals surface area (Å²) in [7, 11) is 1.62. The molecule has 0 saturated heterocycles. The number of hydrogen-bond acceptors (Lipinski definition) is 3. The number of ether oxygens (including phenoxy) is 1. The first-order valence-electron chi connectivity index (χ1n) is 6.84. The molecular weight excluding hydrogens is 348 g/mol. The fourth-order valence-electron chi connectivity index (χ4n) is 1.97. The molecule has 1 aromatic carbocycles. The molecule has 116 valence electrons. The molecule has 0 radical (unpaired) electrons. The zero-order chi connectivity index (χ0) is 15.9. The third kappa shape index (κ3) is 4.73. The second-order valence-electron chi connectivity index (χ2n) is 4.76. The smallest absolute Gasteiger partial charge is 0.251 e. The molecule has 0 spiro atoms. The number of nitrogens with one attached hydrogen (secondary N) is 1. The van der Waals surface area contributed by atoms with Crippen molar-refractivity contribution >= 4 is 21.8 Å². The molecule has 0 aliphatic heterocycles. The molecule has 0 bridgehead atoms. The maximum Gasteiger partial charge on any atom is 0.251 e. The van der Waals surface area contributed by atoms with Gasteiger partial charge < -0.3 is 14.6 Å². The lowest BCUT2D eigenvalue weighted by Gasteiger charge is -2.08. The molecule has 1 N–H and O–H groups in total. The van der Waals surface area contributed by atoms with Gasteiger partial charge in [0.05, 0.1) is 7.11 Å². The number of carbonyl (C=O) groups is 1. The Kier molecular flexibility index (Phi) is 5.77. The van der Waals surface area contributed by atoms with Crippen molar-refractivity contribution in [3.63, 3.8) is 0 Å². The van der Waals surface area contributed by atoms with Gasteiger partial charge in [-0.1, -0.05) is 12.1 Å². The van der Waals surface area contributed by atoms with Gasteiger partial charge in [0.15, 0.2) is 0 Å². The van der Waals surface area contributed by atoms with Gasteiger partial charge in [-0.15, -0.1) is 0 Å². The van der Waals surface area contributed by atoms with Crippen molar-refractivity contribution in [3.8, 4) is 5.75 Å². The fraction of sp³-hybridized carbons (Fsp3) is 0.250. The Labute approximate surface area is 137 Å². The third-order valence-corrected chi connectivity index (χ3v) is 3.63. The number of rotatable bonds is 6. The summed E-state index contributed by atoms with van der Waals surface area (Å²) in [6.07, 6.45) is 2.33. The van der Waals surface area contributed by atoms with Crippen LogP contribution in [0.3, 0.4) is 0 Å². The largest absolute Gasteiger partial charge is 0.497 e. The number of amides is 1. The van der Waals surface area contributed by atoms with E-state index in [2.05, 4.69) is 21.2 Å². The molecule has 0 atom stereocenters. The van der Waals surface area contributed by atoms with Crippen molar-refractivity contribution in [1.29, 1.82) is 0 Å². The van der Waals surface area contributed by atoms with E-state index < -0.39 is 0 Å². The predicted molar refractivity (Wildman–Crippen MR) is 88.1 cm³/mol. The van der Waals surface area contributed by atoms with Crippen LogP contribution in [0.4, 0.5) is 0 Å². The van der Waals surface area contributed by atoms with E-state index in [9.17, 15) is 9.59 Å². The molecule has 0 unspecified atom stereocenters. The number of methoxy groups -OCH3 is 1. The van der Waals surface area contributed by atoms with Crippen LogP contribution >= 0.6 is 15.9 Å². The first-order valence-corrected chi connectivity index (χ1v) is 7.63. The van der Waals surface area contributed by atoms with E-state index in [1.165, 1.54) is 10.6 Å². The van der Waals surface area contributed by atoms with Gasteiger partial charge in [0.25, 0.3) is 5.56 Å². The van der Waals surface area contributed by atoms with Crippen LogP contribution in [-0.2, 0) is 17.8 Å². The molecule has 0 saturated carbocycles. The van der Waals surface area contributed by atoms with Gasteiger partial charge in [-0.2, -0.15) is 0 Å². The minimum atomic E-state index is -0.200. The molecule has 1 aromatic heterocycles. The topological polar surface area (TPSA) is 60.3 Å². The molecular formula is C16H17BrN2O3. The Balaban J connectivity index is 1.82. The number of hydrogen-bond donors (Lipinski definition) is 1. The highest BCUT2D eigenvalue weighted by Crippen LogP contribution is 2.11. The van der Waals surface area contributed by atoms with E-state index >= 15 is 0 Å². The van der Waals surface area contributed by atoms with Crippen molar-refractivity contribution in [3.05, 3.63) is 63.0 Å². The van der Waals surface area contributed by atoms with Gasteiger partial charge in [0.1, 0.15) is 12.3 Å².